The summed E-state index contributed by atoms with van der Waals surface area (Å²) >= 11 is 0. The summed E-state index contributed by atoms with van der Waals surface area (Å²) in [5.41, 5.74) is 0.265. The van der Waals surface area contributed by atoms with Crippen LogP contribution in [0.15, 0.2) is 60.7 Å². The van der Waals surface area contributed by atoms with Crippen molar-refractivity contribution in [3.05, 3.63) is 71.8 Å². The number of Topliss-reactive ketones (excluding diaryl/α,β-unsaturated/α-hetero) is 1. The first-order valence-corrected chi connectivity index (χ1v) is 14.5. The Morgan fingerprint density at radius 2 is 1.61 bits per heavy atom. The lowest BCUT2D eigenvalue weighted by Gasteiger charge is -2.60. The number of nitrogens with zero attached hydrogens (tertiary/aromatic N) is 2. The van der Waals surface area contributed by atoms with Crippen LogP contribution >= 0.6 is 0 Å². The molecule has 5 rings (SSSR count). The molecule has 0 amide bonds. The van der Waals surface area contributed by atoms with Crippen molar-refractivity contribution in [3.8, 4) is 0 Å². The van der Waals surface area contributed by atoms with Crippen molar-refractivity contribution in [3.63, 3.8) is 0 Å². The molecule has 7 nitrogen and oxygen atoms in total. The van der Waals surface area contributed by atoms with Crippen molar-refractivity contribution in [2.24, 2.45) is 10.8 Å². The fraction of sp³-hybridized carbons (Fsp3) is 0.536. The van der Waals surface area contributed by atoms with Crippen LogP contribution in [0.4, 0.5) is 0 Å². The molecule has 4 atom stereocenters. The molecule has 2 aliphatic heterocycles. The first kappa shape index (κ1) is 25.5. The quantitative estimate of drug-likeness (QED) is 0.591. The summed E-state index contributed by atoms with van der Waals surface area (Å²) in [6, 6.07) is 19.9. The molecule has 2 heterocycles. The number of fused-ring (bicyclic) bond motifs is 2. The number of benzene rings is 2. The molecule has 0 radical (unpaired) electrons. The summed E-state index contributed by atoms with van der Waals surface area (Å²) in [5.74, 6) is 0.0999. The van der Waals surface area contributed by atoms with Crippen molar-refractivity contribution in [1.82, 2.24) is 9.21 Å². The van der Waals surface area contributed by atoms with Crippen LogP contribution in [0.5, 0.6) is 0 Å². The summed E-state index contributed by atoms with van der Waals surface area (Å²) in [6.07, 6.45) is 0.0825. The number of rotatable bonds is 7. The molecule has 3 aliphatic rings. The van der Waals surface area contributed by atoms with Crippen LogP contribution in [0.2, 0.25) is 0 Å². The van der Waals surface area contributed by atoms with Gasteiger partial charge in [0.1, 0.15) is 5.78 Å². The topological polar surface area (TPSA) is 98.2 Å². The molecule has 2 N–H and O–H groups in total. The fourth-order valence-corrected chi connectivity index (χ4v) is 8.43. The van der Waals surface area contributed by atoms with Gasteiger partial charge in [-0.25, -0.2) is 8.42 Å². The smallest absolute Gasteiger partial charge is 0.214 e. The van der Waals surface area contributed by atoms with Crippen molar-refractivity contribution >= 4 is 15.8 Å². The molecule has 8 heteroatoms. The van der Waals surface area contributed by atoms with Gasteiger partial charge in [0.15, 0.2) is 0 Å². The predicted molar refractivity (Wildman–Crippen MR) is 138 cm³/mol. The standard InChI is InChI=1S/C28H36N2O5S/c31-24-16-27(15-22-9-3-1-4-10-22)20-29(18-23-11-5-2-6-12-23)21-28(17-24,26(27)33)25(32)19-30-13-7-8-14-36(30,34)35/h1-6,9-12,25-26,32-33H,7-8,13-21H2/t25-,26?,27?,28?/m0/s1. The van der Waals surface area contributed by atoms with Gasteiger partial charge in [-0.05, 0) is 30.4 Å². The van der Waals surface area contributed by atoms with Gasteiger partial charge in [-0.15, -0.1) is 0 Å². The molecular formula is C28H36N2O5S. The first-order valence-electron chi connectivity index (χ1n) is 12.9. The zero-order valence-electron chi connectivity index (χ0n) is 20.6. The molecular weight excluding hydrogens is 476 g/mol. The van der Waals surface area contributed by atoms with Gasteiger partial charge in [-0.1, -0.05) is 60.7 Å². The van der Waals surface area contributed by atoms with Gasteiger partial charge in [0, 0.05) is 56.4 Å². The number of likely N-dealkylation sites (tertiary alicyclic amines) is 1. The van der Waals surface area contributed by atoms with E-state index in [1.165, 1.54) is 4.31 Å². The Morgan fingerprint density at radius 3 is 2.28 bits per heavy atom. The van der Waals surface area contributed by atoms with Gasteiger partial charge in [0.2, 0.25) is 10.0 Å². The van der Waals surface area contributed by atoms with Gasteiger partial charge in [0.05, 0.1) is 18.0 Å². The lowest BCUT2D eigenvalue weighted by Crippen LogP contribution is -2.71. The van der Waals surface area contributed by atoms with Crippen LogP contribution in [-0.2, 0) is 27.8 Å². The number of piperidine rings is 1. The van der Waals surface area contributed by atoms with Crippen LogP contribution in [0.25, 0.3) is 0 Å². The highest BCUT2D eigenvalue weighted by atomic mass is 32.2. The summed E-state index contributed by atoms with van der Waals surface area (Å²) in [5, 5.41) is 23.6. The average molecular weight is 513 g/mol. The van der Waals surface area contributed by atoms with Crippen LogP contribution in [-0.4, -0.2) is 77.8 Å². The number of hydrogen-bond donors (Lipinski definition) is 2. The maximum atomic E-state index is 13.2. The van der Waals surface area contributed by atoms with Crippen molar-refractivity contribution in [2.45, 2.75) is 50.9 Å². The van der Waals surface area contributed by atoms with Crippen LogP contribution in [0.3, 0.4) is 0 Å². The predicted octanol–water partition coefficient (Wildman–Crippen LogP) is 2.23. The Morgan fingerprint density at radius 1 is 0.944 bits per heavy atom. The van der Waals surface area contributed by atoms with E-state index in [4.69, 9.17) is 0 Å². The van der Waals surface area contributed by atoms with Gasteiger partial charge in [-0.2, -0.15) is 4.31 Å². The van der Waals surface area contributed by atoms with Gasteiger partial charge in [-0.3, -0.25) is 9.69 Å². The van der Waals surface area contributed by atoms with E-state index in [0.717, 1.165) is 17.5 Å². The number of hydrogen-bond acceptors (Lipinski definition) is 6. The van der Waals surface area contributed by atoms with Crippen LogP contribution in [0, 0.1) is 10.8 Å². The number of aliphatic hydroxyl groups is 2. The van der Waals surface area contributed by atoms with E-state index >= 15 is 0 Å². The minimum Gasteiger partial charge on any atom is -0.392 e. The highest BCUT2D eigenvalue weighted by Crippen LogP contribution is 2.53. The van der Waals surface area contributed by atoms with E-state index < -0.39 is 33.1 Å². The SMILES string of the molecule is O=C1CC2(Cc3ccccc3)CN(Cc3ccccc3)CC([C@@H](O)CN3CCCCS3(=O)=O)(C1)C2O. The molecule has 3 unspecified atom stereocenters. The second-order valence-electron chi connectivity index (χ2n) is 11.1. The largest absolute Gasteiger partial charge is 0.392 e. The number of carbonyl (C=O) groups excluding carboxylic acids is 1. The minimum atomic E-state index is -3.45. The third-order valence-electron chi connectivity index (χ3n) is 8.40. The molecule has 2 aromatic carbocycles. The normalized spacial score (nSPS) is 31.7. The van der Waals surface area contributed by atoms with E-state index in [1.54, 1.807) is 0 Å². The molecule has 2 bridgehead atoms. The van der Waals surface area contributed by atoms with E-state index in [0.29, 0.717) is 39.0 Å². The number of β-amino-alcohol motifs (C(OH)–C–C–N with tert-alkyl or cyclic N) is 1. The molecule has 2 saturated heterocycles. The zero-order chi connectivity index (χ0) is 25.4. The van der Waals surface area contributed by atoms with Gasteiger partial charge >= 0.3 is 0 Å². The maximum absolute atomic E-state index is 13.2. The number of sulfonamides is 1. The van der Waals surface area contributed by atoms with Crippen molar-refractivity contribution in [2.75, 3.05) is 31.9 Å². The Hall–Kier alpha value is -2.10. The number of ketones is 1. The number of aliphatic hydroxyl groups excluding tert-OH is 2. The lowest BCUT2D eigenvalue weighted by atomic mass is 9.53. The average Bonchev–Trinajstić information content (AvgIpc) is 2.83. The molecule has 1 aliphatic carbocycles. The second-order valence-corrected chi connectivity index (χ2v) is 13.2. The minimum absolute atomic E-state index is 0.0242. The monoisotopic (exact) mass is 512 g/mol. The van der Waals surface area contributed by atoms with Crippen molar-refractivity contribution in [1.29, 1.82) is 0 Å². The molecule has 0 aromatic heterocycles. The summed E-state index contributed by atoms with van der Waals surface area (Å²) in [7, 11) is -3.45. The molecule has 2 aromatic rings. The molecule has 36 heavy (non-hydrogen) atoms. The van der Waals surface area contributed by atoms with E-state index in [1.807, 2.05) is 48.5 Å². The maximum Gasteiger partial charge on any atom is 0.214 e. The summed E-state index contributed by atoms with van der Waals surface area (Å²) < 4.78 is 26.8. The fourth-order valence-electron chi connectivity index (χ4n) is 6.82. The third kappa shape index (κ3) is 4.89. The van der Waals surface area contributed by atoms with E-state index in [2.05, 4.69) is 17.0 Å². The lowest BCUT2D eigenvalue weighted by molar-refractivity contribution is -0.206. The molecule has 0 spiro atoms. The van der Waals surface area contributed by atoms with Crippen LogP contribution < -0.4 is 0 Å². The van der Waals surface area contributed by atoms with Gasteiger partial charge in [0.25, 0.3) is 0 Å². The van der Waals surface area contributed by atoms with E-state index in [-0.39, 0.29) is 30.9 Å². The molecule has 1 saturated carbocycles. The van der Waals surface area contributed by atoms with Gasteiger partial charge < -0.3 is 10.2 Å². The van der Waals surface area contributed by atoms with Crippen LogP contribution in [0.1, 0.15) is 36.8 Å². The third-order valence-corrected chi connectivity index (χ3v) is 10.3. The summed E-state index contributed by atoms with van der Waals surface area (Å²) in [6.45, 7) is 1.77. The molecule has 3 fully saturated rings. The van der Waals surface area contributed by atoms with E-state index in [9.17, 15) is 23.4 Å². The zero-order valence-corrected chi connectivity index (χ0v) is 21.4. The highest BCUT2D eigenvalue weighted by molar-refractivity contribution is 7.89. The second kappa shape index (κ2) is 9.99. The Bertz CT molecular complexity index is 1170. The van der Waals surface area contributed by atoms with Crippen molar-refractivity contribution < 1.29 is 23.4 Å². The first-order chi connectivity index (χ1) is 17.2. The Labute approximate surface area is 213 Å². The Balaban J connectivity index is 1.51. The highest BCUT2D eigenvalue weighted by Gasteiger charge is 2.62. The number of carbonyl (C=O) groups is 1. The summed E-state index contributed by atoms with van der Waals surface area (Å²) in [4.78, 5) is 15.5. The Kier molecular flexibility index (Phi) is 7.09. The molecule has 194 valence electrons.